The average molecular weight is 1200 g/mol. The lowest BCUT2D eigenvalue weighted by Crippen LogP contribution is -2.30. The molecule has 19 heteroatoms. The average Bonchev–Trinajstić information content (AvgIpc) is 3.43. The highest BCUT2D eigenvalue weighted by molar-refractivity contribution is 7.47. The van der Waals surface area contributed by atoms with Gasteiger partial charge < -0.3 is 33.8 Å². The van der Waals surface area contributed by atoms with Gasteiger partial charge in [0.25, 0.3) is 0 Å². The predicted octanol–water partition coefficient (Wildman–Crippen LogP) is 17.0. The molecule has 17 nitrogen and oxygen atoms in total. The molecule has 0 aromatic heterocycles. The Kier molecular flexibility index (Phi) is 54.6. The summed E-state index contributed by atoms with van der Waals surface area (Å²) in [6, 6.07) is 0. The summed E-state index contributed by atoms with van der Waals surface area (Å²) in [5.41, 5.74) is 0. The molecule has 0 amide bonds. The van der Waals surface area contributed by atoms with Crippen molar-refractivity contribution in [2.24, 2.45) is 5.92 Å². The third-order valence-electron chi connectivity index (χ3n) is 14.3. The highest BCUT2D eigenvalue weighted by Gasteiger charge is 2.30. The van der Waals surface area contributed by atoms with Crippen molar-refractivity contribution in [2.75, 3.05) is 39.6 Å². The Morgan fingerprint density at radius 1 is 0.333 bits per heavy atom. The van der Waals surface area contributed by atoms with Gasteiger partial charge in [-0.1, -0.05) is 259 Å². The minimum Gasteiger partial charge on any atom is -0.462 e. The van der Waals surface area contributed by atoms with Gasteiger partial charge in [-0.15, -0.1) is 0 Å². The summed E-state index contributed by atoms with van der Waals surface area (Å²) in [4.78, 5) is 71.9. The first kappa shape index (κ1) is 79.1. The van der Waals surface area contributed by atoms with Gasteiger partial charge in [-0.05, 0) is 31.6 Å². The van der Waals surface area contributed by atoms with Crippen LogP contribution in [0.2, 0.25) is 0 Å². The molecule has 0 aliphatic heterocycles. The Morgan fingerprint density at radius 3 is 0.840 bits per heavy atom. The van der Waals surface area contributed by atoms with Crippen LogP contribution in [-0.4, -0.2) is 96.7 Å². The number of esters is 4. The second kappa shape index (κ2) is 55.9. The van der Waals surface area contributed by atoms with Crippen LogP contribution in [0, 0.1) is 5.92 Å². The first-order valence-electron chi connectivity index (χ1n) is 32.6. The summed E-state index contributed by atoms with van der Waals surface area (Å²) < 4.78 is 67.7. The van der Waals surface area contributed by atoms with E-state index in [1.165, 1.54) is 109 Å². The number of carbonyl (C=O) groups is 4. The molecule has 0 spiro atoms. The summed E-state index contributed by atoms with van der Waals surface area (Å²) in [7, 11) is -9.87. The molecular weight excluding hydrogens is 1080 g/mol. The molecule has 0 aliphatic carbocycles. The lowest BCUT2D eigenvalue weighted by Gasteiger charge is -2.21. The second-order valence-corrected chi connectivity index (χ2v) is 25.8. The van der Waals surface area contributed by atoms with Gasteiger partial charge in [0.1, 0.15) is 19.3 Å². The summed E-state index contributed by atoms with van der Waals surface area (Å²) in [6.07, 6.45) is 39.2. The van der Waals surface area contributed by atoms with E-state index in [0.29, 0.717) is 25.7 Å². The molecule has 0 rings (SSSR count). The van der Waals surface area contributed by atoms with E-state index in [-0.39, 0.29) is 25.7 Å². The molecule has 0 radical (unpaired) electrons. The maximum Gasteiger partial charge on any atom is 0.472 e. The molecule has 0 saturated carbocycles. The Balaban J connectivity index is 5.18. The lowest BCUT2D eigenvalue weighted by atomic mass is 10.0. The molecule has 2 unspecified atom stereocenters. The lowest BCUT2D eigenvalue weighted by molar-refractivity contribution is -0.161. The smallest absolute Gasteiger partial charge is 0.462 e. The van der Waals surface area contributed by atoms with E-state index in [9.17, 15) is 43.2 Å². The molecule has 0 aliphatic rings. The van der Waals surface area contributed by atoms with Crippen LogP contribution in [0.4, 0.5) is 0 Å². The number of aliphatic hydroxyl groups excluding tert-OH is 1. The molecule has 0 fully saturated rings. The Labute approximate surface area is 492 Å². The predicted molar refractivity (Wildman–Crippen MR) is 322 cm³/mol. The number of ether oxygens (including phenoxy) is 4. The van der Waals surface area contributed by atoms with Gasteiger partial charge in [0.15, 0.2) is 12.2 Å². The topological polar surface area (TPSA) is 237 Å². The van der Waals surface area contributed by atoms with Gasteiger partial charge in [-0.3, -0.25) is 37.3 Å². The van der Waals surface area contributed by atoms with E-state index in [4.69, 9.17) is 37.0 Å². The Bertz CT molecular complexity index is 1580. The molecule has 0 bridgehead atoms. The van der Waals surface area contributed by atoms with E-state index in [1.807, 2.05) is 0 Å². The number of phosphoric ester groups is 2. The number of hydrogen-bond acceptors (Lipinski definition) is 15. The summed E-state index contributed by atoms with van der Waals surface area (Å²) in [5, 5.41) is 10.5. The van der Waals surface area contributed by atoms with E-state index in [1.54, 1.807) is 0 Å². The molecule has 5 atom stereocenters. The monoisotopic (exact) mass is 1200 g/mol. The zero-order chi connectivity index (χ0) is 59.9. The zero-order valence-corrected chi connectivity index (χ0v) is 53.7. The van der Waals surface area contributed by atoms with Gasteiger partial charge in [-0.2, -0.15) is 0 Å². The molecule has 0 saturated heterocycles. The van der Waals surface area contributed by atoms with Crippen LogP contribution in [0.3, 0.4) is 0 Å². The van der Waals surface area contributed by atoms with Crippen molar-refractivity contribution < 1.29 is 80.2 Å². The van der Waals surface area contributed by atoms with Gasteiger partial charge in [0.05, 0.1) is 26.4 Å². The van der Waals surface area contributed by atoms with Crippen molar-refractivity contribution in [3.63, 3.8) is 0 Å². The quantitative estimate of drug-likeness (QED) is 0.0222. The summed E-state index contributed by atoms with van der Waals surface area (Å²) in [6.45, 7) is 7.08. The Hall–Kier alpha value is -1.94. The van der Waals surface area contributed by atoms with Gasteiger partial charge in [0.2, 0.25) is 0 Å². The van der Waals surface area contributed by atoms with E-state index in [2.05, 4.69) is 34.6 Å². The van der Waals surface area contributed by atoms with E-state index < -0.39 is 97.5 Å². The molecule has 0 heterocycles. The summed E-state index contributed by atoms with van der Waals surface area (Å²) in [5.74, 6) is -1.40. The van der Waals surface area contributed by atoms with Crippen LogP contribution in [0.15, 0.2) is 0 Å². The summed E-state index contributed by atoms with van der Waals surface area (Å²) >= 11 is 0. The highest BCUT2D eigenvalue weighted by Crippen LogP contribution is 2.45. The molecule has 3 N–H and O–H groups in total. The first-order chi connectivity index (χ1) is 39.0. The standard InChI is InChI=1S/C62H120O17P2/c1-6-9-12-15-18-19-20-21-22-23-24-27-33-38-43-48-62(67)79-58(52-73-60(65)46-41-36-32-28-25-26-31-34-39-44-55(4)5)54-77-81(70,71)75-50-56(63)49-74-80(68,69)76-53-57(78-61(66)47-42-37-30-17-14-11-8-3)51-72-59(64)45-40-35-29-16-13-10-7-2/h55-58,63H,6-54H2,1-5H3,(H,68,69)(H,70,71)/t56-,57+,58+/m0/s1. The van der Waals surface area contributed by atoms with Crippen LogP contribution in [0.1, 0.15) is 311 Å². The van der Waals surface area contributed by atoms with Crippen molar-refractivity contribution >= 4 is 39.5 Å². The SMILES string of the molecule is CCCCCCCCCCCCCCCCCC(=O)O[C@H](COC(=O)CCCCCCCCCCCC(C)C)COP(=O)(O)OC[C@@H](O)COP(=O)(O)OC[C@@H](COC(=O)CCCCCCCCC)OC(=O)CCCCCCCCC. The fraction of sp³-hybridized carbons (Fsp3) is 0.935. The van der Waals surface area contributed by atoms with Crippen LogP contribution < -0.4 is 0 Å². The molecule has 0 aromatic carbocycles. The normalized spacial score (nSPS) is 14.3. The van der Waals surface area contributed by atoms with Crippen LogP contribution >= 0.6 is 15.6 Å². The van der Waals surface area contributed by atoms with Crippen molar-refractivity contribution in [1.29, 1.82) is 0 Å². The number of rotatable bonds is 62. The van der Waals surface area contributed by atoms with E-state index >= 15 is 0 Å². The largest absolute Gasteiger partial charge is 0.472 e. The van der Waals surface area contributed by atoms with Gasteiger partial charge in [-0.25, -0.2) is 9.13 Å². The third kappa shape index (κ3) is 56.9. The van der Waals surface area contributed by atoms with Crippen LogP contribution in [0.5, 0.6) is 0 Å². The van der Waals surface area contributed by atoms with Crippen LogP contribution in [-0.2, 0) is 65.4 Å². The Morgan fingerprint density at radius 2 is 0.568 bits per heavy atom. The maximum absolute atomic E-state index is 13.0. The van der Waals surface area contributed by atoms with E-state index in [0.717, 1.165) is 121 Å². The first-order valence-corrected chi connectivity index (χ1v) is 35.6. The molecule has 480 valence electrons. The minimum atomic E-state index is -4.94. The molecular formula is C62H120O17P2. The fourth-order valence-corrected chi connectivity index (χ4v) is 10.8. The third-order valence-corrected chi connectivity index (χ3v) is 16.2. The number of carbonyl (C=O) groups excluding carboxylic acids is 4. The minimum absolute atomic E-state index is 0.103. The number of phosphoric acid groups is 2. The van der Waals surface area contributed by atoms with Crippen molar-refractivity contribution in [3.05, 3.63) is 0 Å². The number of hydrogen-bond donors (Lipinski definition) is 3. The van der Waals surface area contributed by atoms with Crippen LogP contribution in [0.25, 0.3) is 0 Å². The number of unbranched alkanes of at least 4 members (excludes halogenated alkanes) is 34. The maximum atomic E-state index is 13.0. The zero-order valence-electron chi connectivity index (χ0n) is 51.9. The number of aliphatic hydroxyl groups is 1. The highest BCUT2D eigenvalue weighted by atomic mass is 31.2. The van der Waals surface area contributed by atoms with Crippen molar-refractivity contribution in [2.45, 2.75) is 329 Å². The fourth-order valence-electron chi connectivity index (χ4n) is 9.23. The second-order valence-electron chi connectivity index (χ2n) is 22.9. The molecule has 81 heavy (non-hydrogen) atoms. The van der Waals surface area contributed by atoms with Gasteiger partial charge in [0, 0.05) is 25.7 Å². The molecule has 0 aromatic rings. The van der Waals surface area contributed by atoms with Gasteiger partial charge >= 0.3 is 39.5 Å². The van der Waals surface area contributed by atoms with Crippen molar-refractivity contribution in [3.8, 4) is 0 Å². The van der Waals surface area contributed by atoms with Crippen molar-refractivity contribution in [1.82, 2.24) is 0 Å².